The van der Waals surface area contributed by atoms with E-state index in [4.69, 9.17) is 16.6 Å². The Balaban J connectivity index is 1.80. The van der Waals surface area contributed by atoms with Crippen LogP contribution in [0.5, 0.6) is 0 Å². The van der Waals surface area contributed by atoms with Gasteiger partial charge in [-0.25, -0.2) is 0 Å². The summed E-state index contributed by atoms with van der Waals surface area (Å²) in [5.41, 5.74) is 3.55. The zero-order valence-electron chi connectivity index (χ0n) is 18.2. The summed E-state index contributed by atoms with van der Waals surface area (Å²) in [6.07, 6.45) is 7.73. The average molecular weight is 437 g/mol. The van der Waals surface area contributed by atoms with Crippen molar-refractivity contribution in [3.63, 3.8) is 0 Å². The fraction of sp³-hybridized carbons (Fsp3) is 0.423. The molecule has 4 nitrogen and oxygen atoms in total. The first-order valence-corrected chi connectivity index (χ1v) is 11.6. The van der Waals surface area contributed by atoms with Crippen molar-refractivity contribution < 1.29 is 9.59 Å². The first-order chi connectivity index (χ1) is 15.0. The molecule has 1 fully saturated rings. The lowest BCUT2D eigenvalue weighted by Gasteiger charge is -2.44. The molecule has 0 N–H and O–H groups in total. The third kappa shape index (κ3) is 4.18. The van der Waals surface area contributed by atoms with Crippen molar-refractivity contribution >= 4 is 29.5 Å². The molecule has 162 valence electrons. The number of aryl methyl sites for hydroxylation is 1. The molecule has 0 aromatic heterocycles. The second-order valence-corrected chi connectivity index (χ2v) is 9.22. The van der Waals surface area contributed by atoms with E-state index in [-0.39, 0.29) is 11.9 Å². The molecule has 1 atom stereocenters. The molecule has 2 aliphatic rings. The minimum Gasteiger partial charge on any atom is -0.305 e. The number of carbonyl (C=O) groups is 2. The highest BCUT2D eigenvalue weighted by atomic mass is 35.5. The Labute approximate surface area is 189 Å². The van der Waals surface area contributed by atoms with Gasteiger partial charge in [0.25, 0.3) is 5.91 Å². The Hall–Kier alpha value is -2.46. The molecule has 2 aromatic rings. The topological polar surface area (TPSA) is 49.7 Å². The van der Waals surface area contributed by atoms with Crippen LogP contribution in [0.3, 0.4) is 0 Å². The highest BCUT2D eigenvalue weighted by molar-refractivity contribution is 6.47. The number of benzene rings is 2. The van der Waals surface area contributed by atoms with Crippen LogP contribution >= 0.6 is 11.6 Å². The number of hydrogen-bond acceptors (Lipinski definition) is 3. The average Bonchev–Trinajstić information content (AvgIpc) is 3.03. The van der Waals surface area contributed by atoms with Gasteiger partial charge in [-0.05, 0) is 68.4 Å². The molecule has 2 aromatic carbocycles. The third-order valence-electron chi connectivity index (χ3n) is 6.49. The van der Waals surface area contributed by atoms with Crippen molar-refractivity contribution in [3.05, 3.63) is 69.7 Å². The summed E-state index contributed by atoms with van der Waals surface area (Å²) >= 11 is 6.32. The lowest BCUT2D eigenvalue weighted by Crippen LogP contribution is -2.50. The van der Waals surface area contributed by atoms with Gasteiger partial charge in [0, 0.05) is 16.1 Å². The Bertz CT molecular complexity index is 986. The summed E-state index contributed by atoms with van der Waals surface area (Å²) in [6.45, 7) is 4.13. The number of halogens is 1. The Morgan fingerprint density at radius 3 is 2.45 bits per heavy atom. The van der Waals surface area contributed by atoms with Crippen molar-refractivity contribution in [3.8, 4) is 0 Å². The number of rotatable bonds is 6. The minimum absolute atomic E-state index is 0.0125. The molecule has 1 aliphatic heterocycles. The Morgan fingerprint density at radius 2 is 1.84 bits per heavy atom. The molecule has 0 radical (unpaired) electrons. The van der Waals surface area contributed by atoms with Gasteiger partial charge in [0.2, 0.25) is 0 Å². The van der Waals surface area contributed by atoms with Crippen LogP contribution in [0.25, 0.3) is 0 Å². The number of aldehydes is 1. The van der Waals surface area contributed by atoms with Crippen molar-refractivity contribution in [1.82, 2.24) is 4.90 Å². The maximum Gasteiger partial charge on any atom is 0.275 e. The molecule has 4 rings (SSSR count). The summed E-state index contributed by atoms with van der Waals surface area (Å²) in [6, 6.07) is 13.3. The fourth-order valence-corrected chi connectivity index (χ4v) is 5.38. The van der Waals surface area contributed by atoms with Crippen LogP contribution in [0, 0.1) is 6.92 Å². The highest BCUT2D eigenvalue weighted by Crippen LogP contribution is 2.45. The zero-order chi connectivity index (χ0) is 22.0. The van der Waals surface area contributed by atoms with E-state index in [2.05, 4.69) is 11.8 Å². The largest absolute Gasteiger partial charge is 0.305 e. The zero-order valence-corrected chi connectivity index (χ0v) is 19.0. The maximum absolute atomic E-state index is 13.9. The molecule has 5 heteroatoms. The summed E-state index contributed by atoms with van der Waals surface area (Å²) in [5.74, 6) is -0.0125. The summed E-state index contributed by atoms with van der Waals surface area (Å²) in [5, 5.41) is 0.621. The Morgan fingerprint density at radius 1 is 1.13 bits per heavy atom. The van der Waals surface area contributed by atoms with Crippen LogP contribution in [-0.2, 0) is 4.79 Å². The summed E-state index contributed by atoms with van der Waals surface area (Å²) in [7, 11) is 0. The molecule has 1 heterocycles. The predicted molar refractivity (Wildman–Crippen MR) is 125 cm³/mol. The minimum atomic E-state index is -0.496. The molecular weight excluding hydrogens is 408 g/mol. The molecule has 1 unspecified atom stereocenters. The van der Waals surface area contributed by atoms with Gasteiger partial charge in [-0.3, -0.25) is 14.6 Å². The molecular formula is C26H29ClN2O2. The molecule has 31 heavy (non-hydrogen) atoms. The number of aliphatic imine (C=N–C) groups is 1. The van der Waals surface area contributed by atoms with E-state index in [1.165, 1.54) is 6.42 Å². The van der Waals surface area contributed by atoms with Gasteiger partial charge < -0.3 is 4.90 Å². The van der Waals surface area contributed by atoms with E-state index in [9.17, 15) is 9.59 Å². The fourth-order valence-electron chi connectivity index (χ4n) is 5.09. The van der Waals surface area contributed by atoms with Gasteiger partial charge in [0.05, 0.1) is 6.04 Å². The van der Waals surface area contributed by atoms with Crippen molar-refractivity contribution in [2.75, 3.05) is 0 Å². The number of carbonyl (C=O) groups excluding carboxylic acids is 2. The lowest BCUT2D eigenvalue weighted by molar-refractivity contribution is -0.132. The predicted octanol–water partition coefficient (Wildman–Crippen LogP) is 6.29. The first-order valence-electron chi connectivity index (χ1n) is 11.2. The van der Waals surface area contributed by atoms with Gasteiger partial charge >= 0.3 is 0 Å². The van der Waals surface area contributed by atoms with E-state index in [0.29, 0.717) is 16.3 Å². The maximum atomic E-state index is 13.9. The smallest absolute Gasteiger partial charge is 0.275 e. The molecule has 1 saturated carbocycles. The molecule has 0 saturated heterocycles. The van der Waals surface area contributed by atoms with Crippen LogP contribution in [-0.4, -0.2) is 28.5 Å². The van der Waals surface area contributed by atoms with Gasteiger partial charge in [0.15, 0.2) is 0 Å². The van der Waals surface area contributed by atoms with Crippen LogP contribution < -0.4 is 0 Å². The van der Waals surface area contributed by atoms with Crippen molar-refractivity contribution in [2.45, 2.75) is 70.5 Å². The molecule has 0 bridgehead atoms. The third-order valence-corrected chi connectivity index (χ3v) is 6.71. The number of nitrogens with zero attached hydrogens (tertiary/aromatic N) is 2. The second kappa shape index (κ2) is 8.96. The molecule has 1 aliphatic carbocycles. The molecule has 1 spiro atoms. The summed E-state index contributed by atoms with van der Waals surface area (Å²) < 4.78 is 0. The SMILES string of the molecule is CCCC(c1ccc(C=O)cc1)N1C(=O)C(c2cc(C)cc(Cl)c2)=NC12CCCCC2. The van der Waals surface area contributed by atoms with Gasteiger partial charge in [-0.1, -0.05) is 55.6 Å². The first kappa shape index (κ1) is 21.8. The van der Waals surface area contributed by atoms with Crippen LogP contribution in [0.15, 0.2) is 47.5 Å². The second-order valence-electron chi connectivity index (χ2n) is 8.78. The van der Waals surface area contributed by atoms with E-state index in [1.807, 2.05) is 49.4 Å². The van der Waals surface area contributed by atoms with E-state index in [0.717, 1.165) is 61.5 Å². The van der Waals surface area contributed by atoms with Crippen molar-refractivity contribution in [2.24, 2.45) is 4.99 Å². The molecule has 1 amide bonds. The quantitative estimate of drug-likeness (QED) is 0.499. The number of amides is 1. The monoisotopic (exact) mass is 436 g/mol. The highest BCUT2D eigenvalue weighted by Gasteiger charge is 2.50. The standard InChI is InChI=1S/C26H29ClN2O2/c1-3-7-23(20-10-8-19(17-30)9-11-20)29-25(31)24(21-14-18(2)15-22(27)16-21)28-26(29)12-5-4-6-13-26/h8-11,14-17,23H,3-7,12-13H2,1-2H3. The van der Waals surface area contributed by atoms with E-state index in [1.54, 1.807) is 0 Å². The van der Waals surface area contributed by atoms with E-state index >= 15 is 0 Å². The normalized spacial score (nSPS) is 18.9. The van der Waals surface area contributed by atoms with Crippen LogP contribution in [0.2, 0.25) is 5.02 Å². The lowest BCUT2D eigenvalue weighted by atomic mass is 9.86. The van der Waals surface area contributed by atoms with E-state index < -0.39 is 5.66 Å². The Kier molecular flexibility index (Phi) is 6.29. The van der Waals surface area contributed by atoms with Gasteiger partial charge in [-0.2, -0.15) is 0 Å². The van der Waals surface area contributed by atoms with Crippen LogP contribution in [0.1, 0.15) is 85.0 Å². The van der Waals surface area contributed by atoms with Crippen LogP contribution in [0.4, 0.5) is 0 Å². The summed E-state index contributed by atoms with van der Waals surface area (Å²) in [4.78, 5) is 32.2. The number of hydrogen-bond donors (Lipinski definition) is 0. The van der Waals surface area contributed by atoms with Gasteiger partial charge in [-0.15, -0.1) is 0 Å². The van der Waals surface area contributed by atoms with Gasteiger partial charge in [0.1, 0.15) is 17.7 Å². The van der Waals surface area contributed by atoms with Crippen molar-refractivity contribution in [1.29, 1.82) is 0 Å².